The Morgan fingerprint density at radius 1 is 1.24 bits per heavy atom. The Hall–Kier alpha value is -3.53. The standard InChI is InChI=1S/C23H23FN8O/c1-9-27-6-11(7-28-9)33-23-30-21-18-17-12(14(24)5-15(26-2)20(17)29-21)4-16-13-3-10(19(13)25)8-32(16)22(18)31-23/h5-7,10,13,16,19,26H,3-4,8,25H2,1-2H3,(H,29,30,31)/t10-,13+,16-,19+/m0/s1. The molecule has 2 saturated heterocycles. The Labute approximate surface area is 188 Å². The van der Waals surface area contributed by atoms with Crippen LogP contribution < -0.4 is 20.7 Å². The van der Waals surface area contributed by atoms with Crippen LogP contribution in [-0.4, -0.2) is 50.6 Å². The summed E-state index contributed by atoms with van der Waals surface area (Å²) < 4.78 is 21.3. The zero-order chi connectivity index (χ0) is 22.4. The van der Waals surface area contributed by atoms with E-state index in [0.717, 1.165) is 35.1 Å². The highest BCUT2D eigenvalue weighted by atomic mass is 19.1. The van der Waals surface area contributed by atoms with E-state index in [1.54, 1.807) is 25.5 Å². The fraction of sp³-hybridized carbons (Fsp3) is 0.391. The van der Waals surface area contributed by atoms with Gasteiger partial charge in [-0.05, 0) is 37.7 Å². The average molecular weight is 446 g/mol. The molecule has 1 saturated carbocycles. The Bertz CT molecular complexity index is 1430. The van der Waals surface area contributed by atoms with Crippen LogP contribution in [0.15, 0.2) is 18.5 Å². The smallest absolute Gasteiger partial charge is 0.326 e. The molecule has 8 rings (SSSR count). The number of nitrogens with two attached hydrogens (primary N) is 1. The first-order chi connectivity index (χ1) is 16.0. The topological polar surface area (TPSA) is 118 Å². The van der Waals surface area contributed by atoms with Crippen molar-refractivity contribution in [2.75, 3.05) is 23.8 Å². The minimum atomic E-state index is -0.215. The summed E-state index contributed by atoms with van der Waals surface area (Å²) in [5.74, 6) is 2.40. The Kier molecular flexibility index (Phi) is 3.74. The number of anilines is 2. The number of aromatic amines is 1. The van der Waals surface area contributed by atoms with Gasteiger partial charge in [-0.15, -0.1) is 0 Å². The molecule has 2 bridgehead atoms. The molecule has 0 spiro atoms. The van der Waals surface area contributed by atoms with Crippen LogP contribution in [-0.2, 0) is 6.42 Å². The third-order valence-corrected chi connectivity index (χ3v) is 7.60. The molecule has 4 aliphatic rings. The fourth-order valence-corrected chi connectivity index (χ4v) is 5.91. The van der Waals surface area contributed by atoms with Gasteiger partial charge in [0.1, 0.15) is 23.1 Å². The largest absolute Gasteiger partial charge is 0.421 e. The second-order valence-corrected chi connectivity index (χ2v) is 9.29. The van der Waals surface area contributed by atoms with Crippen LogP contribution in [0.2, 0.25) is 0 Å². The van der Waals surface area contributed by atoms with Crippen LogP contribution in [0.3, 0.4) is 0 Å². The molecular formula is C23H23FN8O. The highest BCUT2D eigenvalue weighted by Crippen LogP contribution is 2.50. The number of halogens is 1. The van der Waals surface area contributed by atoms with E-state index < -0.39 is 0 Å². The average Bonchev–Trinajstić information content (AvgIpc) is 3.12. The molecule has 0 amide bonds. The highest BCUT2D eigenvalue weighted by molar-refractivity contribution is 6.16. The number of aryl methyl sites for hydroxylation is 1. The summed E-state index contributed by atoms with van der Waals surface area (Å²) in [5.41, 5.74) is 9.31. The first kappa shape index (κ1) is 19.0. The molecule has 33 heavy (non-hydrogen) atoms. The second-order valence-electron chi connectivity index (χ2n) is 9.29. The SMILES string of the molecule is CNc1cc(F)c2c3c1[nH]c1nc(Oc4cnc(C)nc4)nc(c13)N1C[C@@H]3C[C@@H]([C@@H]3N)[C@@H]1C2. The van der Waals surface area contributed by atoms with Gasteiger partial charge in [-0.2, -0.15) is 9.97 Å². The molecule has 3 aliphatic heterocycles. The van der Waals surface area contributed by atoms with Crippen molar-refractivity contribution in [3.8, 4) is 11.8 Å². The van der Waals surface area contributed by atoms with Gasteiger partial charge < -0.3 is 25.7 Å². The van der Waals surface area contributed by atoms with Crippen LogP contribution in [0, 0.1) is 24.6 Å². The third-order valence-electron chi connectivity index (χ3n) is 7.60. The molecule has 3 aromatic heterocycles. The van der Waals surface area contributed by atoms with Gasteiger partial charge in [0.25, 0.3) is 0 Å². The molecule has 3 fully saturated rings. The minimum absolute atomic E-state index is 0.0872. The molecular weight excluding hydrogens is 423 g/mol. The number of benzene rings is 1. The van der Waals surface area contributed by atoms with Gasteiger partial charge in [0, 0.05) is 36.6 Å². The maximum Gasteiger partial charge on any atom is 0.326 e. The van der Waals surface area contributed by atoms with Gasteiger partial charge in [0.05, 0.1) is 29.0 Å². The van der Waals surface area contributed by atoms with Crippen molar-refractivity contribution in [1.29, 1.82) is 0 Å². The van der Waals surface area contributed by atoms with E-state index in [1.165, 1.54) is 0 Å². The second kappa shape index (κ2) is 6.50. The number of ether oxygens (including phenoxy) is 1. The third kappa shape index (κ3) is 2.55. The number of nitrogens with zero attached hydrogens (tertiary/aromatic N) is 5. The lowest BCUT2D eigenvalue weighted by Gasteiger charge is -2.57. The van der Waals surface area contributed by atoms with Crippen molar-refractivity contribution in [3.63, 3.8) is 0 Å². The molecule has 10 heteroatoms. The summed E-state index contributed by atoms with van der Waals surface area (Å²) in [4.78, 5) is 23.6. The summed E-state index contributed by atoms with van der Waals surface area (Å²) in [7, 11) is 1.79. The molecule has 4 N–H and O–H groups in total. The van der Waals surface area contributed by atoms with Crippen LogP contribution in [0.25, 0.3) is 21.9 Å². The number of aromatic nitrogens is 5. The number of nitrogens with one attached hydrogen (secondary N) is 2. The summed E-state index contributed by atoms with van der Waals surface area (Å²) in [6, 6.07) is 2.00. The Morgan fingerprint density at radius 3 is 2.82 bits per heavy atom. The molecule has 1 aromatic carbocycles. The summed E-state index contributed by atoms with van der Waals surface area (Å²) >= 11 is 0. The Morgan fingerprint density at radius 2 is 2.06 bits per heavy atom. The number of H-pyrrole nitrogens is 1. The predicted molar refractivity (Wildman–Crippen MR) is 122 cm³/mol. The molecule has 168 valence electrons. The van der Waals surface area contributed by atoms with Crippen LogP contribution in [0.5, 0.6) is 11.8 Å². The van der Waals surface area contributed by atoms with Gasteiger partial charge in [0.15, 0.2) is 5.75 Å². The quantitative estimate of drug-likeness (QED) is 0.440. The first-order valence-electron chi connectivity index (χ1n) is 11.2. The zero-order valence-corrected chi connectivity index (χ0v) is 18.3. The Balaban J connectivity index is 1.48. The van der Waals surface area contributed by atoms with E-state index >= 15 is 4.39 Å². The lowest BCUT2D eigenvalue weighted by molar-refractivity contribution is 0.0732. The van der Waals surface area contributed by atoms with Gasteiger partial charge in [-0.3, -0.25) is 0 Å². The summed E-state index contributed by atoms with van der Waals surface area (Å²) in [5, 5.41) is 4.79. The highest BCUT2D eigenvalue weighted by Gasteiger charge is 2.52. The molecule has 4 aromatic rings. The van der Waals surface area contributed by atoms with Crippen molar-refractivity contribution >= 4 is 33.4 Å². The van der Waals surface area contributed by atoms with Crippen LogP contribution in [0.4, 0.5) is 15.9 Å². The fourth-order valence-electron chi connectivity index (χ4n) is 5.91. The monoisotopic (exact) mass is 446 g/mol. The van der Waals surface area contributed by atoms with Gasteiger partial charge in [-0.25, -0.2) is 14.4 Å². The number of hydrogen-bond donors (Lipinski definition) is 3. The van der Waals surface area contributed by atoms with E-state index in [0.29, 0.717) is 46.7 Å². The van der Waals surface area contributed by atoms with E-state index in [1.807, 2.05) is 6.92 Å². The zero-order valence-electron chi connectivity index (χ0n) is 18.3. The van der Waals surface area contributed by atoms with Crippen molar-refractivity contribution in [2.24, 2.45) is 17.6 Å². The van der Waals surface area contributed by atoms with Crippen LogP contribution in [0.1, 0.15) is 17.8 Å². The van der Waals surface area contributed by atoms with Gasteiger partial charge in [-0.1, -0.05) is 0 Å². The van der Waals surface area contributed by atoms with E-state index in [2.05, 4.69) is 30.2 Å². The van der Waals surface area contributed by atoms with Crippen molar-refractivity contribution in [1.82, 2.24) is 24.9 Å². The summed E-state index contributed by atoms with van der Waals surface area (Å²) in [6.07, 6.45) is 4.87. The lowest BCUT2D eigenvalue weighted by Crippen LogP contribution is -2.67. The van der Waals surface area contributed by atoms with Crippen molar-refractivity contribution in [3.05, 3.63) is 35.7 Å². The van der Waals surface area contributed by atoms with Crippen molar-refractivity contribution in [2.45, 2.75) is 31.8 Å². The first-order valence-corrected chi connectivity index (χ1v) is 11.2. The van der Waals surface area contributed by atoms with Crippen molar-refractivity contribution < 1.29 is 9.13 Å². The van der Waals surface area contributed by atoms with Crippen LogP contribution >= 0.6 is 0 Å². The molecule has 9 nitrogen and oxygen atoms in total. The molecule has 0 unspecified atom stereocenters. The summed E-state index contributed by atoms with van der Waals surface area (Å²) in [6.45, 7) is 2.61. The van der Waals surface area contributed by atoms with E-state index in [4.69, 9.17) is 15.5 Å². The van der Waals surface area contributed by atoms with E-state index in [9.17, 15) is 0 Å². The molecule has 0 radical (unpaired) electrons. The molecule has 6 heterocycles. The predicted octanol–water partition coefficient (Wildman–Crippen LogP) is 2.89. The number of rotatable bonds is 3. The number of hydrogen-bond acceptors (Lipinski definition) is 8. The molecule has 4 atom stereocenters. The molecule has 1 aliphatic carbocycles. The maximum absolute atomic E-state index is 15.4. The minimum Gasteiger partial charge on any atom is -0.421 e. The normalized spacial score (nSPS) is 25.2. The lowest BCUT2D eigenvalue weighted by atomic mass is 9.62. The number of piperidine rings is 2. The maximum atomic E-state index is 15.4. The van der Waals surface area contributed by atoms with Gasteiger partial charge in [0.2, 0.25) is 0 Å². The van der Waals surface area contributed by atoms with Gasteiger partial charge >= 0.3 is 6.01 Å². The van der Waals surface area contributed by atoms with E-state index in [-0.39, 0.29) is 23.9 Å².